The number of carboxylic acid groups (broad SMARTS) is 1. The minimum atomic E-state index is -1.21. The van der Waals surface area contributed by atoms with E-state index in [0.29, 0.717) is 11.1 Å². The van der Waals surface area contributed by atoms with E-state index in [4.69, 9.17) is 10.8 Å². The molecule has 1 aromatic carbocycles. The molecule has 1 unspecified atom stereocenters. The molecule has 0 saturated heterocycles. The molecule has 0 radical (unpaired) electrons. The monoisotopic (exact) mass is 279 g/mol. The first-order chi connectivity index (χ1) is 9.32. The van der Waals surface area contributed by atoms with Gasteiger partial charge >= 0.3 is 5.97 Å². The molecule has 20 heavy (non-hydrogen) atoms. The van der Waals surface area contributed by atoms with Gasteiger partial charge in [0.25, 0.3) is 5.69 Å². The molecule has 0 aliphatic heterocycles. The van der Waals surface area contributed by atoms with Crippen molar-refractivity contribution < 1.29 is 20.0 Å². The minimum absolute atomic E-state index is 0.107. The second kappa shape index (κ2) is 4.82. The number of fused-ring (bicyclic) bond motifs is 1. The summed E-state index contributed by atoms with van der Waals surface area (Å²) in [5, 5.41) is 30.0. The Morgan fingerprint density at radius 1 is 1.55 bits per heavy atom. The highest BCUT2D eigenvalue weighted by molar-refractivity contribution is 5.94. The Kier molecular flexibility index (Phi) is 3.33. The van der Waals surface area contributed by atoms with Gasteiger partial charge in [0.15, 0.2) is 0 Å². The van der Waals surface area contributed by atoms with Gasteiger partial charge in [-0.25, -0.2) is 0 Å². The van der Waals surface area contributed by atoms with Crippen molar-refractivity contribution in [2.24, 2.45) is 5.73 Å². The number of rotatable bonds is 4. The second-order valence-corrected chi connectivity index (χ2v) is 4.53. The van der Waals surface area contributed by atoms with Gasteiger partial charge in [-0.1, -0.05) is 6.07 Å². The number of hydrogen-bond acceptors (Lipinski definition) is 5. The molecule has 1 heterocycles. The highest BCUT2D eigenvalue weighted by Gasteiger charge is 2.23. The predicted octanol–water partition coefficient (Wildman–Crippen LogP) is 1.05. The number of nitro groups is 1. The lowest BCUT2D eigenvalue weighted by molar-refractivity contribution is -0.383. The van der Waals surface area contributed by atoms with E-state index in [1.165, 1.54) is 18.3 Å². The van der Waals surface area contributed by atoms with Gasteiger partial charge in [0.2, 0.25) is 0 Å². The van der Waals surface area contributed by atoms with Gasteiger partial charge in [-0.15, -0.1) is 0 Å². The average Bonchev–Trinajstić information content (AvgIpc) is 2.67. The molecule has 0 bridgehead atoms. The number of non-ortho nitro benzene ring substituents is 1. The zero-order valence-corrected chi connectivity index (χ0v) is 10.6. The van der Waals surface area contributed by atoms with Crippen molar-refractivity contribution in [1.82, 2.24) is 4.73 Å². The van der Waals surface area contributed by atoms with Crippen molar-refractivity contribution in [3.05, 3.63) is 39.6 Å². The van der Waals surface area contributed by atoms with E-state index in [1.807, 2.05) is 0 Å². The molecule has 1 aromatic heterocycles. The third kappa shape index (κ3) is 2.16. The van der Waals surface area contributed by atoms with Crippen LogP contribution < -0.4 is 5.73 Å². The van der Waals surface area contributed by atoms with Crippen molar-refractivity contribution >= 4 is 22.6 Å². The number of carbonyl (C=O) groups is 1. The molecule has 0 amide bonds. The highest BCUT2D eigenvalue weighted by Crippen LogP contribution is 2.32. The molecule has 0 aliphatic rings. The Labute approximate surface area is 113 Å². The number of aryl methyl sites for hydroxylation is 1. The van der Waals surface area contributed by atoms with Crippen LogP contribution in [-0.4, -0.2) is 32.0 Å². The van der Waals surface area contributed by atoms with Crippen LogP contribution in [0, 0.1) is 17.0 Å². The number of nitrogens with zero attached hydrogens (tertiary/aromatic N) is 2. The van der Waals surface area contributed by atoms with Crippen molar-refractivity contribution in [2.45, 2.75) is 19.4 Å². The number of aliphatic carboxylic acids is 1. The Bertz CT molecular complexity index is 707. The fraction of sp³-hybridized carbons (Fsp3) is 0.250. The molecule has 1 atom stereocenters. The van der Waals surface area contributed by atoms with Crippen LogP contribution >= 0.6 is 0 Å². The summed E-state index contributed by atoms with van der Waals surface area (Å²) >= 11 is 0. The molecular weight excluding hydrogens is 266 g/mol. The molecule has 8 heteroatoms. The topological polar surface area (TPSA) is 132 Å². The fourth-order valence-electron chi connectivity index (χ4n) is 2.20. The molecule has 0 fully saturated rings. The lowest BCUT2D eigenvalue weighted by Crippen LogP contribution is -2.32. The third-order valence-electron chi connectivity index (χ3n) is 3.14. The maximum Gasteiger partial charge on any atom is 0.320 e. The highest BCUT2D eigenvalue weighted by atomic mass is 16.6. The van der Waals surface area contributed by atoms with Crippen molar-refractivity contribution in [3.63, 3.8) is 0 Å². The van der Waals surface area contributed by atoms with E-state index in [1.54, 1.807) is 6.92 Å². The third-order valence-corrected chi connectivity index (χ3v) is 3.14. The first kappa shape index (κ1) is 13.8. The van der Waals surface area contributed by atoms with E-state index in [9.17, 15) is 20.1 Å². The minimum Gasteiger partial charge on any atom is -0.480 e. The molecular formula is C12H13N3O5. The van der Waals surface area contributed by atoms with Crippen molar-refractivity contribution in [3.8, 4) is 0 Å². The molecule has 2 rings (SSSR count). The lowest BCUT2D eigenvalue weighted by Gasteiger charge is -2.05. The lowest BCUT2D eigenvalue weighted by atomic mass is 10.0. The van der Waals surface area contributed by atoms with Crippen molar-refractivity contribution in [2.75, 3.05) is 0 Å². The molecule has 0 spiro atoms. The SMILES string of the molecule is Cc1ccc([N+](=O)[O-])c2c(CC(N)C(=O)O)cn(O)c12. The summed E-state index contributed by atoms with van der Waals surface area (Å²) in [5.74, 6) is -1.21. The largest absolute Gasteiger partial charge is 0.480 e. The summed E-state index contributed by atoms with van der Waals surface area (Å²) in [6.07, 6.45) is 1.15. The van der Waals surface area contributed by atoms with E-state index >= 15 is 0 Å². The molecule has 0 saturated carbocycles. The van der Waals surface area contributed by atoms with E-state index in [0.717, 1.165) is 4.73 Å². The molecule has 0 aliphatic carbocycles. The molecule has 106 valence electrons. The van der Waals surface area contributed by atoms with Gasteiger partial charge in [-0.3, -0.25) is 14.9 Å². The number of nitrogens with two attached hydrogens (primary N) is 1. The Balaban J connectivity index is 2.69. The van der Waals surface area contributed by atoms with E-state index in [2.05, 4.69) is 0 Å². The Morgan fingerprint density at radius 2 is 2.20 bits per heavy atom. The van der Waals surface area contributed by atoms with Gasteiger partial charge in [0, 0.05) is 18.7 Å². The molecule has 4 N–H and O–H groups in total. The summed E-state index contributed by atoms with van der Waals surface area (Å²) in [6.45, 7) is 1.69. The van der Waals surface area contributed by atoms with Gasteiger partial charge < -0.3 is 16.0 Å². The summed E-state index contributed by atoms with van der Waals surface area (Å²) in [7, 11) is 0. The number of hydrogen-bond donors (Lipinski definition) is 3. The normalized spacial score (nSPS) is 12.5. The van der Waals surface area contributed by atoms with Crippen LogP contribution in [0.4, 0.5) is 5.69 Å². The average molecular weight is 279 g/mol. The summed E-state index contributed by atoms with van der Waals surface area (Å²) in [6, 6.07) is 1.65. The van der Waals surface area contributed by atoms with Crippen LogP contribution in [0.15, 0.2) is 18.3 Å². The van der Waals surface area contributed by atoms with Crippen LogP contribution in [0.3, 0.4) is 0 Å². The maximum absolute atomic E-state index is 11.1. The van der Waals surface area contributed by atoms with Crippen LogP contribution in [0.5, 0.6) is 0 Å². The Hall–Kier alpha value is -2.61. The number of aromatic nitrogens is 1. The van der Waals surface area contributed by atoms with E-state index < -0.39 is 16.9 Å². The zero-order valence-electron chi connectivity index (χ0n) is 10.6. The number of nitro benzene ring substituents is 1. The second-order valence-electron chi connectivity index (χ2n) is 4.53. The van der Waals surface area contributed by atoms with Gasteiger partial charge in [-0.05, 0) is 18.1 Å². The standard InChI is InChI=1S/C12H13N3O5/c1-6-2-3-9(15(19)20)10-7(4-8(13)12(16)17)5-14(18)11(6)10/h2-3,5,8,18H,4,13H2,1H3,(H,16,17). The quantitative estimate of drug-likeness (QED) is 0.435. The predicted molar refractivity (Wildman–Crippen MR) is 69.8 cm³/mol. The summed E-state index contributed by atoms with van der Waals surface area (Å²) < 4.78 is 0.765. The molecule has 8 nitrogen and oxygen atoms in total. The van der Waals surface area contributed by atoms with E-state index in [-0.39, 0.29) is 23.0 Å². The number of carboxylic acids is 1. The summed E-state index contributed by atoms with van der Waals surface area (Å²) in [4.78, 5) is 21.3. The van der Waals surface area contributed by atoms with Crippen LogP contribution in [0.2, 0.25) is 0 Å². The van der Waals surface area contributed by atoms with Gasteiger partial charge in [0.05, 0.1) is 15.8 Å². The summed E-state index contributed by atoms with van der Waals surface area (Å²) in [5.41, 5.74) is 6.52. The first-order valence-corrected chi connectivity index (χ1v) is 5.78. The zero-order chi connectivity index (χ0) is 15.0. The van der Waals surface area contributed by atoms with Crippen LogP contribution in [0.25, 0.3) is 10.9 Å². The smallest absolute Gasteiger partial charge is 0.320 e. The van der Waals surface area contributed by atoms with Crippen molar-refractivity contribution in [1.29, 1.82) is 0 Å². The Morgan fingerprint density at radius 3 is 2.75 bits per heavy atom. The van der Waals surface area contributed by atoms with Gasteiger partial charge in [0.1, 0.15) is 6.04 Å². The first-order valence-electron chi connectivity index (χ1n) is 5.78. The maximum atomic E-state index is 11.1. The number of benzene rings is 1. The fourth-order valence-corrected chi connectivity index (χ4v) is 2.20. The molecule has 2 aromatic rings. The van der Waals surface area contributed by atoms with Crippen LogP contribution in [-0.2, 0) is 11.2 Å². The van der Waals surface area contributed by atoms with Crippen LogP contribution in [0.1, 0.15) is 11.1 Å². The van der Waals surface area contributed by atoms with Gasteiger partial charge in [-0.2, -0.15) is 4.73 Å².